The average molecular weight is 273 g/mol. The Morgan fingerprint density at radius 1 is 1.45 bits per heavy atom. The largest absolute Gasteiger partial charge is 0.463 e. The summed E-state index contributed by atoms with van der Waals surface area (Å²) in [5.41, 5.74) is 1.43. The van der Waals surface area contributed by atoms with Crippen molar-refractivity contribution in [3.8, 4) is 0 Å². The van der Waals surface area contributed by atoms with Gasteiger partial charge in [0, 0.05) is 31.0 Å². The summed E-state index contributed by atoms with van der Waals surface area (Å²) < 4.78 is 10.9. The monoisotopic (exact) mass is 273 g/mol. The molecule has 1 saturated heterocycles. The second kappa shape index (κ2) is 5.67. The number of ether oxygens (including phenoxy) is 1. The van der Waals surface area contributed by atoms with Crippen LogP contribution in [0.3, 0.4) is 0 Å². The summed E-state index contributed by atoms with van der Waals surface area (Å²) in [5, 5.41) is 0.894. The number of carbonyl (C=O) groups is 1. The van der Waals surface area contributed by atoms with Gasteiger partial charge >= 0.3 is 0 Å². The van der Waals surface area contributed by atoms with Gasteiger partial charge in [-0.3, -0.25) is 4.79 Å². The molecule has 0 bridgehead atoms. The lowest BCUT2D eigenvalue weighted by atomic mass is 10.1. The van der Waals surface area contributed by atoms with Crippen LogP contribution in [0.5, 0.6) is 0 Å². The van der Waals surface area contributed by atoms with E-state index in [0.29, 0.717) is 11.5 Å². The van der Waals surface area contributed by atoms with Crippen molar-refractivity contribution < 1.29 is 13.9 Å². The number of amides is 1. The lowest BCUT2D eigenvalue weighted by molar-refractivity contribution is 0.0763. The zero-order chi connectivity index (χ0) is 13.9. The minimum absolute atomic E-state index is 0.0638. The number of furan rings is 1. The van der Waals surface area contributed by atoms with Crippen molar-refractivity contribution in [1.29, 1.82) is 0 Å². The van der Waals surface area contributed by atoms with E-state index in [4.69, 9.17) is 9.15 Å². The maximum Gasteiger partial charge on any atom is 0.257 e. The zero-order valence-corrected chi connectivity index (χ0v) is 11.7. The lowest BCUT2D eigenvalue weighted by Gasteiger charge is -2.15. The van der Waals surface area contributed by atoms with Crippen LogP contribution in [0.1, 0.15) is 23.7 Å². The van der Waals surface area contributed by atoms with E-state index in [0.717, 1.165) is 43.7 Å². The quantitative estimate of drug-likeness (QED) is 0.860. The molecule has 0 aliphatic carbocycles. The Morgan fingerprint density at radius 2 is 2.30 bits per heavy atom. The Morgan fingerprint density at radius 3 is 3.15 bits per heavy atom. The van der Waals surface area contributed by atoms with Crippen molar-refractivity contribution in [2.24, 2.45) is 5.92 Å². The highest BCUT2D eigenvalue weighted by atomic mass is 16.5. The maximum atomic E-state index is 12.6. The fraction of sp³-hybridized carbons (Fsp3) is 0.438. The Kier molecular flexibility index (Phi) is 3.74. The molecular formula is C16H19NO3. The van der Waals surface area contributed by atoms with Crippen LogP contribution in [-0.2, 0) is 4.74 Å². The number of carbonyl (C=O) groups excluding carboxylic acids is 1. The van der Waals surface area contributed by atoms with E-state index < -0.39 is 0 Å². The van der Waals surface area contributed by atoms with Crippen molar-refractivity contribution >= 4 is 16.9 Å². The third kappa shape index (κ3) is 2.43. The van der Waals surface area contributed by atoms with Crippen LogP contribution in [0.2, 0.25) is 0 Å². The minimum atomic E-state index is 0.0638. The molecule has 2 aromatic rings. The Balaban J connectivity index is 1.73. The maximum absolute atomic E-state index is 12.6. The summed E-state index contributed by atoms with van der Waals surface area (Å²) in [6, 6.07) is 7.65. The van der Waals surface area contributed by atoms with Gasteiger partial charge in [-0.1, -0.05) is 18.2 Å². The molecule has 20 heavy (non-hydrogen) atoms. The molecule has 3 rings (SSSR count). The SMILES string of the molecule is CCOC[C@H]1CCN(C(=O)c2coc3ccccc23)C1. The summed E-state index contributed by atoms with van der Waals surface area (Å²) in [4.78, 5) is 14.5. The molecule has 0 saturated carbocycles. The molecule has 106 valence electrons. The van der Waals surface area contributed by atoms with Crippen LogP contribution >= 0.6 is 0 Å². The van der Waals surface area contributed by atoms with Gasteiger partial charge in [0.25, 0.3) is 5.91 Å². The summed E-state index contributed by atoms with van der Waals surface area (Å²) in [6.07, 6.45) is 2.59. The number of para-hydroxylation sites is 1. The number of fused-ring (bicyclic) bond motifs is 1. The molecule has 1 aromatic heterocycles. The van der Waals surface area contributed by atoms with Gasteiger partial charge in [0.1, 0.15) is 11.8 Å². The topological polar surface area (TPSA) is 42.7 Å². The first-order chi connectivity index (χ1) is 9.79. The number of likely N-dealkylation sites (tertiary alicyclic amines) is 1. The molecule has 1 aliphatic rings. The van der Waals surface area contributed by atoms with Crippen LogP contribution in [0.25, 0.3) is 11.0 Å². The predicted molar refractivity (Wildman–Crippen MR) is 76.7 cm³/mol. The Labute approximate surface area is 118 Å². The molecule has 1 aliphatic heterocycles. The van der Waals surface area contributed by atoms with Crippen LogP contribution in [-0.4, -0.2) is 37.1 Å². The molecule has 1 aromatic carbocycles. The fourth-order valence-electron chi connectivity index (χ4n) is 2.75. The normalized spacial score (nSPS) is 18.9. The van der Waals surface area contributed by atoms with E-state index >= 15 is 0 Å². The van der Waals surface area contributed by atoms with Crippen molar-refractivity contribution in [3.05, 3.63) is 36.1 Å². The molecule has 0 unspecified atom stereocenters. The molecule has 4 heteroatoms. The summed E-state index contributed by atoms with van der Waals surface area (Å²) in [7, 11) is 0. The van der Waals surface area contributed by atoms with Crippen molar-refractivity contribution in [1.82, 2.24) is 4.90 Å². The molecular weight excluding hydrogens is 254 g/mol. The van der Waals surface area contributed by atoms with Crippen LogP contribution < -0.4 is 0 Å². The molecule has 0 spiro atoms. The van der Waals surface area contributed by atoms with Crippen LogP contribution in [0.15, 0.2) is 34.9 Å². The highest BCUT2D eigenvalue weighted by molar-refractivity contribution is 6.05. The molecule has 2 heterocycles. The molecule has 1 amide bonds. The lowest BCUT2D eigenvalue weighted by Crippen LogP contribution is -2.29. The smallest absolute Gasteiger partial charge is 0.257 e. The Hall–Kier alpha value is -1.81. The first-order valence-electron chi connectivity index (χ1n) is 7.13. The van der Waals surface area contributed by atoms with Crippen molar-refractivity contribution in [2.75, 3.05) is 26.3 Å². The van der Waals surface area contributed by atoms with Gasteiger partial charge in [-0.25, -0.2) is 0 Å². The third-order valence-electron chi connectivity index (χ3n) is 3.84. The van der Waals surface area contributed by atoms with Gasteiger partial charge in [0.15, 0.2) is 0 Å². The van der Waals surface area contributed by atoms with E-state index in [2.05, 4.69) is 0 Å². The van der Waals surface area contributed by atoms with Crippen LogP contribution in [0.4, 0.5) is 0 Å². The van der Waals surface area contributed by atoms with E-state index in [1.54, 1.807) is 6.26 Å². The molecule has 1 fully saturated rings. The van der Waals surface area contributed by atoms with Gasteiger partial charge in [0.2, 0.25) is 0 Å². The fourth-order valence-corrected chi connectivity index (χ4v) is 2.75. The minimum Gasteiger partial charge on any atom is -0.463 e. The number of rotatable bonds is 4. The second-order valence-corrected chi connectivity index (χ2v) is 5.21. The van der Waals surface area contributed by atoms with E-state index in [-0.39, 0.29) is 5.91 Å². The number of hydrogen-bond acceptors (Lipinski definition) is 3. The van der Waals surface area contributed by atoms with Gasteiger partial charge in [-0.05, 0) is 19.4 Å². The van der Waals surface area contributed by atoms with E-state index in [1.807, 2.05) is 36.1 Å². The summed E-state index contributed by atoms with van der Waals surface area (Å²) >= 11 is 0. The average Bonchev–Trinajstić information content (AvgIpc) is 3.11. The summed E-state index contributed by atoms with van der Waals surface area (Å²) in [6.45, 7) is 5.05. The van der Waals surface area contributed by atoms with E-state index in [9.17, 15) is 4.79 Å². The van der Waals surface area contributed by atoms with E-state index in [1.165, 1.54) is 0 Å². The standard InChI is InChI=1S/C16H19NO3/c1-2-19-10-12-7-8-17(9-12)16(18)14-11-20-15-6-4-3-5-13(14)15/h3-6,11-12H,2,7-10H2,1H3/t12-/m0/s1. The molecule has 1 atom stereocenters. The predicted octanol–water partition coefficient (Wildman–Crippen LogP) is 2.93. The van der Waals surface area contributed by atoms with Gasteiger partial charge in [-0.15, -0.1) is 0 Å². The number of hydrogen-bond donors (Lipinski definition) is 0. The third-order valence-corrected chi connectivity index (χ3v) is 3.84. The first kappa shape index (κ1) is 13.2. The number of nitrogens with zero attached hydrogens (tertiary/aromatic N) is 1. The van der Waals surface area contributed by atoms with Crippen molar-refractivity contribution in [3.63, 3.8) is 0 Å². The second-order valence-electron chi connectivity index (χ2n) is 5.21. The van der Waals surface area contributed by atoms with Gasteiger partial charge in [-0.2, -0.15) is 0 Å². The molecule has 0 N–H and O–H groups in total. The molecule has 0 radical (unpaired) electrons. The van der Waals surface area contributed by atoms with Gasteiger partial charge < -0.3 is 14.1 Å². The summed E-state index contributed by atoms with van der Waals surface area (Å²) in [5.74, 6) is 0.519. The molecule has 4 nitrogen and oxygen atoms in total. The Bertz CT molecular complexity index is 605. The highest BCUT2D eigenvalue weighted by Crippen LogP contribution is 2.25. The zero-order valence-electron chi connectivity index (χ0n) is 11.7. The highest BCUT2D eigenvalue weighted by Gasteiger charge is 2.28. The first-order valence-corrected chi connectivity index (χ1v) is 7.13. The van der Waals surface area contributed by atoms with Crippen molar-refractivity contribution in [2.45, 2.75) is 13.3 Å². The number of benzene rings is 1. The van der Waals surface area contributed by atoms with Gasteiger partial charge in [0.05, 0.1) is 12.2 Å². The van der Waals surface area contributed by atoms with Crippen LogP contribution in [0, 0.1) is 5.92 Å².